The third kappa shape index (κ3) is 3.60. The summed E-state index contributed by atoms with van der Waals surface area (Å²) in [6.45, 7) is 11.9. The molecule has 0 aliphatic carbocycles. The van der Waals surface area contributed by atoms with Gasteiger partial charge in [-0.3, -0.25) is 4.90 Å². The molecule has 0 spiro atoms. The number of allylic oxidation sites excluding steroid dienone is 3. The van der Waals surface area contributed by atoms with E-state index in [2.05, 4.69) is 37.6 Å². The second kappa shape index (κ2) is 6.67. The summed E-state index contributed by atoms with van der Waals surface area (Å²) in [7, 11) is 2.13. The van der Waals surface area contributed by atoms with Gasteiger partial charge in [-0.15, -0.1) is 0 Å². The molecule has 0 atom stereocenters. The zero-order valence-corrected chi connectivity index (χ0v) is 9.30. The van der Waals surface area contributed by atoms with Crippen molar-refractivity contribution in [1.29, 1.82) is 0 Å². The van der Waals surface area contributed by atoms with Gasteiger partial charge in [0.05, 0.1) is 0 Å². The SMILES string of the molecule is C=C/C=C1/CN(C)C/C1=C/C.CC. The van der Waals surface area contributed by atoms with E-state index in [1.54, 1.807) is 0 Å². The number of rotatable bonds is 1. The maximum Gasteiger partial charge on any atom is 0.0237 e. The third-order valence-electron chi connectivity index (χ3n) is 1.96. The fourth-order valence-corrected chi connectivity index (χ4v) is 1.42. The van der Waals surface area contributed by atoms with Crippen LogP contribution in [0.15, 0.2) is 36.0 Å². The van der Waals surface area contributed by atoms with Crippen molar-refractivity contribution in [3.63, 3.8) is 0 Å². The van der Waals surface area contributed by atoms with E-state index in [0.717, 1.165) is 13.1 Å². The lowest BCUT2D eigenvalue weighted by molar-refractivity contribution is 0.437. The maximum atomic E-state index is 3.70. The van der Waals surface area contributed by atoms with Crippen LogP contribution in [0.3, 0.4) is 0 Å². The molecule has 0 unspecified atom stereocenters. The van der Waals surface area contributed by atoms with Crippen molar-refractivity contribution in [2.45, 2.75) is 20.8 Å². The zero-order valence-electron chi connectivity index (χ0n) is 9.30. The van der Waals surface area contributed by atoms with Crippen LogP contribution in [0.4, 0.5) is 0 Å². The average molecular weight is 179 g/mol. The molecular formula is C12H21N. The van der Waals surface area contributed by atoms with E-state index in [0.29, 0.717) is 0 Å². The first-order chi connectivity index (χ1) is 6.27. The minimum absolute atomic E-state index is 1.06. The lowest BCUT2D eigenvalue weighted by atomic mass is 10.1. The van der Waals surface area contributed by atoms with Gasteiger partial charge in [0.1, 0.15) is 0 Å². The minimum Gasteiger partial charge on any atom is -0.298 e. The Hall–Kier alpha value is -0.820. The van der Waals surface area contributed by atoms with Crippen LogP contribution >= 0.6 is 0 Å². The summed E-state index contributed by atoms with van der Waals surface area (Å²) in [5.41, 5.74) is 2.84. The highest BCUT2D eigenvalue weighted by molar-refractivity contribution is 5.39. The fourth-order valence-electron chi connectivity index (χ4n) is 1.42. The molecule has 0 radical (unpaired) electrons. The second-order valence-electron chi connectivity index (χ2n) is 2.91. The van der Waals surface area contributed by atoms with Gasteiger partial charge in [0, 0.05) is 13.1 Å². The van der Waals surface area contributed by atoms with Crippen molar-refractivity contribution >= 4 is 0 Å². The molecule has 0 aromatic heterocycles. The van der Waals surface area contributed by atoms with Gasteiger partial charge in [-0.05, 0) is 25.1 Å². The van der Waals surface area contributed by atoms with Crippen LogP contribution < -0.4 is 0 Å². The van der Waals surface area contributed by atoms with E-state index >= 15 is 0 Å². The average Bonchev–Trinajstić information content (AvgIpc) is 2.50. The zero-order chi connectivity index (χ0) is 10.3. The Morgan fingerprint density at radius 1 is 1.23 bits per heavy atom. The Bertz CT molecular complexity index is 211. The molecule has 0 amide bonds. The molecule has 1 nitrogen and oxygen atoms in total. The molecule has 74 valence electrons. The van der Waals surface area contributed by atoms with Crippen molar-refractivity contribution in [3.8, 4) is 0 Å². The van der Waals surface area contributed by atoms with E-state index in [1.807, 2.05) is 19.9 Å². The minimum atomic E-state index is 1.06. The molecule has 0 bridgehead atoms. The van der Waals surface area contributed by atoms with Gasteiger partial charge < -0.3 is 0 Å². The van der Waals surface area contributed by atoms with Gasteiger partial charge in [-0.2, -0.15) is 0 Å². The van der Waals surface area contributed by atoms with Crippen LogP contribution in [0.2, 0.25) is 0 Å². The van der Waals surface area contributed by atoms with E-state index in [-0.39, 0.29) is 0 Å². The molecule has 1 rings (SSSR count). The lowest BCUT2D eigenvalue weighted by Gasteiger charge is -2.01. The molecule has 1 fully saturated rings. The molecule has 0 saturated carbocycles. The first kappa shape index (κ1) is 12.2. The molecule has 0 aromatic carbocycles. The molecule has 13 heavy (non-hydrogen) atoms. The molecule has 0 aromatic rings. The number of hydrogen-bond acceptors (Lipinski definition) is 1. The molecule has 1 heterocycles. The molecule has 1 aliphatic heterocycles. The first-order valence-electron chi connectivity index (χ1n) is 4.93. The Labute approximate surface area is 82.4 Å². The van der Waals surface area contributed by atoms with Crippen molar-refractivity contribution in [1.82, 2.24) is 4.90 Å². The monoisotopic (exact) mass is 179 g/mol. The van der Waals surface area contributed by atoms with Gasteiger partial charge in [0.15, 0.2) is 0 Å². The maximum absolute atomic E-state index is 3.70. The van der Waals surface area contributed by atoms with Crippen LogP contribution in [0.5, 0.6) is 0 Å². The first-order valence-corrected chi connectivity index (χ1v) is 4.93. The second-order valence-corrected chi connectivity index (χ2v) is 2.91. The van der Waals surface area contributed by atoms with Crippen LogP contribution in [0.25, 0.3) is 0 Å². The van der Waals surface area contributed by atoms with Gasteiger partial charge in [-0.25, -0.2) is 0 Å². The fraction of sp³-hybridized carbons (Fsp3) is 0.500. The van der Waals surface area contributed by atoms with Crippen LogP contribution in [-0.2, 0) is 0 Å². The highest BCUT2D eigenvalue weighted by Crippen LogP contribution is 2.19. The van der Waals surface area contributed by atoms with E-state index in [1.165, 1.54) is 11.1 Å². The Morgan fingerprint density at radius 3 is 2.23 bits per heavy atom. The van der Waals surface area contributed by atoms with Crippen molar-refractivity contribution in [2.24, 2.45) is 0 Å². The largest absolute Gasteiger partial charge is 0.298 e. The molecule has 0 N–H and O–H groups in total. The smallest absolute Gasteiger partial charge is 0.0237 e. The number of hydrogen-bond donors (Lipinski definition) is 0. The van der Waals surface area contributed by atoms with Crippen LogP contribution in [0.1, 0.15) is 20.8 Å². The van der Waals surface area contributed by atoms with E-state index < -0.39 is 0 Å². The quantitative estimate of drug-likeness (QED) is 0.598. The van der Waals surface area contributed by atoms with E-state index in [9.17, 15) is 0 Å². The highest BCUT2D eigenvalue weighted by Gasteiger charge is 2.15. The van der Waals surface area contributed by atoms with E-state index in [4.69, 9.17) is 0 Å². The van der Waals surface area contributed by atoms with Crippen molar-refractivity contribution < 1.29 is 0 Å². The third-order valence-corrected chi connectivity index (χ3v) is 1.96. The predicted octanol–water partition coefficient (Wildman–Crippen LogP) is 3.02. The van der Waals surface area contributed by atoms with Gasteiger partial charge in [0.25, 0.3) is 0 Å². The molecule has 1 saturated heterocycles. The lowest BCUT2D eigenvalue weighted by Crippen LogP contribution is -2.11. The summed E-state index contributed by atoms with van der Waals surface area (Å²) in [5.74, 6) is 0. The number of likely N-dealkylation sites (tertiary alicyclic amines) is 1. The summed E-state index contributed by atoms with van der Waals surface area (Å²) in [6.07, 6.45) is 6.13. The molecule has 1 aliphatic rings. The number of nitrogens with zero attached hydrogens (tertiary/aromatic N) is 1. The Balaban J connectivity index is 0.000000671. The predicted molar refractivity (Wildman–Crippen MR) is 60.9 cm³/mol. The topological polar surface area (TPSA) is 3.24 Å². The van der Waals surface area contributed by atoms with Crippen molar-refractivity contribution in [2.75, 3.05) is 20.1 Å². The Kier molecular flexibility index (Phi) is 6.25. The summed E-state index contributed by atoms with van der Waals surface area (Å²) < 4.78 is 0. The number of likely N-dealkylation sites (N-methyl/N-ethyl adjacent to an activating group) is 1. The standard InChI is InChI=1S/C10H15N.C2H6/c1-4-6-10-8-11(3)7-9(10)5-2;1-2/h4-6H,1,7-8H2,2-3H3;1-2H3/b9-5-,10-6-;. The summed E-state index contributed by atoms with van der Waals surface area (Å²) in [6, 6.07) is 0. The molecular weight excluding hydrogens is 158 g/mol. The summed E-state index contributed by atoms with van der Waals surface area (Å²) in [5, 5.41) is 0. The molecule has 1 heteroatoms. The van der Waals surface area contributed by atoms with Gasteiger partial charge in [-0.1, -0.05) is 38.7 Å². The summed E-state index contributed by atoms with van der Waals surface area (Å²) >= 11 is 0. The van der Waals surface area contributed by atoms with Gasteiger partial charge >= 0.3 is 0 Å². The van der Waals surface area contributed by atoms with Crippen LogP contribution in [0, 0.1) is 0 Å². The van der Waals surface area contributed by atoms with Crippen LogP contribution in [-0.4, -0.2) is 25.0 Å². The van der Waals surface area contributed by atoms with Gasteiger partial charge in [0.2, 0.25) is 0 Å². The van der Waals surface area contributed by atoms with Crippen molar-refractivity contribution in [3.05, 3.63) is 36.0 Å². The highest BCUT2D eigenvalue weighted by atomic mass is 15.1. The summed E-state index contributed by atoms with van der Waals surface area (Å²) in [4.78, 5) is 2.30. The normalized spacial score (nSPS) is 23.1. The Morgan fingerprint density at radius 2 is 1.77 bits per heavy atom.